The van der Waals surface area contributed by atoms with Crippen molar-refractivity contribution in [3.8, 4) is 0 Å². The van der Waals surface area contributed by atoms with Crippen molar-refractivity contribution in [2.45, 2.75) is 0 Å². The predicted molar refractivity (Wildman–Crippen MR) is 47.3 cm³/mol. The molecular formula is C8H9N3O. The zero-order valence-corrected chi connectivity index (χ0v) is 6.40. The zero-order valence-electron chi connectivity index (χ0n) is 6.40. The SMILES string of the molecule is NC(=O)N/C=N/c1ccccc1. The molecule has 0 unspecified atom stereocenters. The summed E-state index contributed by atoms with van der Waals surface area (Å²) in [6.45, 7) is 0. The molecule has 0 aliphatic carbocycles. The average Bonchev–Trinajstić information content (AvgIpc) is 2.05. The number of nitrogens with two attached hydrogens (primary N) is 1. The second-order valence-corrected chi connectivity index (χ2v) is 2.10. The predicted octanol–water partition coefficient (Wildman–Crippen LogP) is 1.01. The third-order valence-corrected chi connectivity index (χ3v) is 1.18. The quantitative estimate of drug-likeness (QED) is 0.496. The van der Waals surface area contributed by atoms with Gasteiger partial charge in [0.2, 0.25) is 0 Å². The van der Waals surface area contributed by atoms with Gasteiger partial charge in [-0.3, -0.25) is 5.32 Å². The summed E-state index contributed by atoms with van der Waals surface area (Å²) in [5.41, 5.74) is 5.58. The monoisotopic (exact) mass is 163 g/mol. The van der Waals surface area contributed by atoms with E-state index < -0.39 is 6.03 Å². The van der Waals surface area contributed by atoms with E-state index >= 15 is 0 Å². The topological polar surface area (TPSA) is 67.5 Å². The minimum Gasteiger partial charge on any atom is -0.351 e. The minimum atomic E-state index is -0.616. The van der Waals surface area contributed by atoms with Crippen LogP contribution in [0.5, 0.6) is 0 Å². The molecule has 3 N–H and O–H groups in total. The highest BCUT2D eigenvalue weighted by atomic mass is 16.2. The van der Waals surface area contributed by atoms with Gasteiger partial charge in [0.05, 0.1) is 12.0 Å². The largest absolute Gasteiger partial charge is 0.351 e. The van der Waals surface area contributed by atoms with E-state index in [-0.39, 0.29) is 0 Å². The summed E-state index contributed by atoms with van der Waals surface area (Å²) in [6, 6.07) is 8.63. The van der Waals surface area contributed by atoms with Crippen LogP contribution in [0.25, 0.3) is 0 Å². The van der Waals surface area contributed by atoms with Gasteiger partial charge >= 0.3 is 6.03 Å². The highest BCUT2D eigenvalue weighted by Crippen LogP contribution is 2.07. The lowest BCUT2D eigenvalue weighted by molar-refractivity contribution is 0.253. The zero-order chi connectivity index (χ0) is 8.81. The van der Waals surface area contributed by atoms with Crippen LogP contribution in [0.2, 0.25) is 0 Å². The van der Waals surface area contributed by atoms with Gasteiger partial charge in [-0.15, -0.1) is 0 Å². The van der Waals surface area contributed by atoms with Crippen molar-refractivity contribution in [3.05, 3.63) is 30.3 Å². The van der Waals surface area contributed by atoms with Gasteiger partial charge in [-0.05, 0) is 12.1 Å². The van der Waals surface area contributed by atoms with Gasteiger partial charge in [-0.2, -0.15) is 0 Å². The lowest BCUT2D eigenvalue weighted by Crippen LogP contribution is -2.27. The van der Waals surface area contributed by atoms with E-state index in [0.717, 1.165) is 5.69 Å². The maximum Gasteiger partial charge on any atom is 0.317 e. The van der Waals surface area contributed by atoms with Gasteiger partial charge in [0, 0.05) is 0 Å². The molecule has 0 aliphatic rings. The average molecular weight is 163 g/mol. The molecule has 0 atom stereocenters. The molecule has 0 bridgehead atoms. The maximum atomic E-state index is 10.2. The number of amides is 2. The number of carbonyl (C=O) groups is 1. The number of hydrogen-bond donors (Lipinski definition) is 2. The number of nitrogens with one attached hydrogen (secondary N) is 1. The Labute approximate surface area is 70.1 Å². The Hall–Kier alpha value is -1.84. The van der Waals surface area contributed by atoms with Crippen LogP contribution in [0.1, 0.15) is 0 Å². The second-order valence-electron chi connectivity index (χ2n) is 2.10. The number of benzene rings is 1. The number of para-hydroxylation sites is 1. The van der Waals surface area contributed by atoms with E-state index in [1.165, 1.54) is 6.34 Å². The second kappa shape index (κ2) is 4.12. The normalized spacial score (nSPS) is 10.0. The highest BCUT2D eigenvalue weighted by molar-refractivity contribution is 5.85. The first-order chi connectivity index (χ1) is 5.79. The van der Waals surface area contributed by atoms with Crippen molar-refractivity contribution < 1.29 is 4.79 Å². The number of urea groups is 1. The summed E-state index contributed by atoms with van der Waals surface area (Å²) >= 11 is 0. The van der Waals surface area contributed by atoms with E-state index in [0.29, 0.717) is 0 Å². The number of hydrogen-bond acceptors (Lipinski definition) is 2. The Morgan fingerprint density at radius 3 is 2.67 bits per heavy atom. The molecule has 62 valence electrons. The van der Waals surface area contributed by atoms with Crippen LogP contribution in [-0.2, 0) is 0 Å². The Balaban J connectivity index is 2.52. The molecule has 1 aromatic rings. The number of rotatable bonds is 2. The van der Waals surface area contributed by atoms with Crippen molar-refractivity contribution in [3.63, 3.8) is 0 Å². The first-order valence-electron chi connectivity index (χ1n) is 3.42. The molecule has 4 heteroatoms. The van der Waals surface area contributed by atoms with Crippen LogP contribution in [-0.4, -0.2) is 12.4 Å². The summed E-state index contributed by atoms with van der Waals surface area (Å²) in [5, 5.41) is 2.24. The summed E-state index contributed by atoms with van der Waals surface area (Å²) in [4.78, 5) is 14.1. The Morgan fingerprint density at radius 1 is 1.42 bits per heavy atom. The lowest BCUT2D eigenvalue weighted by atomic mass is 10.3. The molecular weight excluding hydrogens is 154 g/mol. The lowest BCUT2D eigenvalue weighted by Gasteiger charge is -1.91. The molecule has 0 radical (unpaired) electrons. The molecule has 1 rings (SSSR count). The van der Waals surface area contributed by atoms with Crippen LogP contribution in [0.15, 0.2) is 35.3 Å². The van der Waals surface area contributed by atoms with E-state index in [4.69, 9.17) is 5.73 Å². The number of carbonyl (C=O) groups excluding carboxylic acids is 1. The molecule has 1 aromatic carbocycles. The molecule has 0 aliphatic heterocycles. The fraction of sp³-hybridized carbons (Fsp3) is 0. The highest BCUT2D eigenvalue weighted by Gasteiger charge is 1.85. The Kier molecular flexibility index (Phi) is 2.84. The fourth-order valence-corrected chi connectivity index (χ4v) is 0.684. The smallest absolute Gasteiger partial charge is 0.317 e. The van der Waals surface area contributed by atoms with Crippen LogP contribution >= 0.6 is 0 Å². The minimum absolute atomic E-state index is 0.616. The van der Waals surface area contributed by atoms with Gasteiger partial charge in [-0.1, -0.05) is 18.2 Å². The van der Waals surface area contributed by atoms with E-state index in [1.54, 1.807) is 0 Å². The van der Waals surface area contributed by atoms with Gasteiger partial charge in [0.25, 0.3) is 0 Å². The molecule has 0 saturated carbocycles. The Bertz CT molecular complexity index is 282. The molecule has 0 heterocycles. The molecule has 4 nitrogen and oxygen atoms in total. The summed E-state index contributed by atoms with van der Waals surface area (Å²) in [5.74, 6) is 0. The van der Waals surface area contributed by atoms with E-state index in [9.17, 15) is 4.79 Å². The molecule has 2 amide bonds. The van der Waals surface area contributed by atoms with Crippen molar-refractivity contribution in [1.82, 2.24) is 5.32 Å². The van der Waals surface area contributed by atoms with Gasteiger partial charge in [0.15, 0.2) is 0 Å². The standard InChI is InChI=1S/C8H9N3O/c9-8(12)11-6-10-7-4-2-1-3-5-7/h1-6H,(H3,9,10,11,12). The van der Waals surface area contributed by atoms with Crippen LogP contribution in [0.4, 0.5) is 10.5 Å². The summed E-state index contributed by atoms with van der Waals surface area (Å²) in [6.07, 6.45) is 1.26. The molecule has 12 heavy (non-hydrogen) atoms. The first kappa shape index (κ1) is 8.26. The van der Waals surface area contributed by atoms with Crippen molar-refractivity contribution in [2.24, 2.45) is 10.7 Å². The number of aliphatic imine (C=N–C) groups is 1. The molecule has 0 fully saturated rings. The Morgan fingerprint density at radius 2 is 2.08 bits per heavy atom. The van der Waals surface area contributed by atoms with Crippen molar-refractivity contribution in [2.75, 3.05) is 0 Å². The summed E-state index contributed by atoms with van der Waals surface area (Å²) in [7, 11) is 0. The maximum absolute atomic E-state index is 10.2. The third kappa shape index (κ3) is 2.83. The number of nitrogens with zero attached hydrogens (tertiary/aromatic N) is 1. The van der Waals surface area contributed by atoms with E-state index in [1.807, 2.05) is 30.3 Å². The van der Waals surface area contributed by atoms with E-state index in [2.05, 4.69) is 10.3 Å². The van der Waals surface area contributed by atoms with Crippen LogP contribution < -0.4 is 11.1 Å². The molecule has 0 saturated heterocycles. The van der Waals surface area contributed by atoms with Gasteiger partial charge in [0.1, 0.15) is 0 Å². The molecule has 0 aromatic heterocycles. The first-order valence-corrected chi connectivity index (χ1v) is 3.42. The summed E-state index contributed by atoms with van der Waals surface area (Å²) < 4.78 is 0. The number of primary amides is 1. The van der Waals surface area contributed by atoms with Crippen LogP contribution in [0.3, 0.4) is 0 Å². The van der Waals surface area contributed by atoms with Gasteiger partial charge in [-0.25, -0.2) is 9.79 Å². The van der Waals surface area contributed by atoms with Crippen LogP contribution in [0, 0.1) is 0 Å². The van der Waals surface area contributed by atoms with Crippen molar-refractivity contribution >= 4 is 18.1 Å². The fourth-order valence-electron chi connectivity index (χ4n) is 0.684. The third-order valence-electron chi connectivity index (χ3n) is 1.18. The van der Waals surface area contributed by atoms with Gasteiger partial charge < -0.3 is 5.73 Å². The molecule has 0 spiro atoms. The van der Waals surface area contributed by atoms with Crippen molar-refractivity contribution in [1.29, 1.82) is 0 Å².